The summed E-state index contributed by atoms with van der Waals surface area (Å²) in [4.78, 5) is 37.9. The van der Waals surface area contributed by atoms with Gasteiger partial charge in [0.1, 0.15) is 16.5 Å². The van der Waals surface area contributed by atoms with Crippen molar-refractivity contribution in [3.05, 3.63) is 122 Å². The van der Waals surface area contributed by atoms with Gasteiger partial charge in [-0.15, -0.1) is 0 Å². The van der Waals surface area contributed by atoms with Crippen LogP contribution in [-0.2, 0) is 9.59 Å². The minimum atomic E-state index is -0.565. The smallest absolute Gasteiger partial charge is 0.288 e. The first-order valence-electron chi connectivity index (χ1n) is 12.1. The predicted molar refractivity (Wildman–Crippen MR) is 139 cm³/mol. The summed E-state index contributed by atoms with van der Waals surface area (Å²) in [7, 11) is 0. The largest absolute Gasteiger partial charge is 0.455 e. The molecule has 4 aromatic rings. The summed E-state index contributed by atoms with van der Waals surface area (Å²) < 4.78 is 5.78. The summed E-state index contributed by atoms with van der Waals surface area (Å²) in [5.74, 6) is -1.43. The van der Waals surface area contributed by atoms with Crippen molar-refractivity contribution in [2.45, 2.75) is 11.8 Å². The molecule has 0 unspecified atom stereocenters. The number of hydrogen-bond acceptors (Lipinski definition) is 6. The number of imide groups is 1. The molecule has 1 aromatic heterocycles. The number of rotatable bonds is 4. The monoisotopic (exact) mass is 523 g/mol. The molecule has 0 N–H and O–H groups in total. The van der Waals surface area contributed by atoms with E-state index in [1.165, 1.54) is 18.3 Å². The van der Waals surface area contributed by atoms with Crippen molar-refractivity contribution in [2.24, 2.45) is 16.9 Å². The highest BCUT2D eigenvalue weighted by Gasteiger charge is 2.61. The van der Waals surface area contributed by atoms with Crippen LogP contribution in [0.5, 0.6) is 0 Å². The third-order valence-electron chi connectivity index (χ3n) is 7.78. The number of hydrogen-bond donors (Lipinski definition) is 0. The number of carbonyl (C=O) groups is 2. The van der Waals surface area contributed by atoms with E-state index in [0.29, 0.717) is 17.1 Å². The van der Waals surface area contributed by atoms with E-state index in [0.717, 1.165) is 27.3 Å². The Morgan fingerprint density at radius 1 is 0.842 bits per heavy atom. The van der Waals surface area contributed by atoms with Gasteiger partial charge in [-0.05, 0) is 46.5 Å². The Kier molecular flexibility index (Phi) is 4.90. The molecule has 0 spiro atoms. The minimum Gasteiger partial charge on any atom is -0.455 e. The van der Waals surface area contributed by atoms with Gasteiger partial charge < -0.3 is 4.42 Å². The third-order valence-corrected chi connectivity index (χ3v) is 8.10. The molecule has 0 radical (unpaired) electrons. The molecule has 9 heteroatoms. The van der Waals surface area contributed by atoms with E-state index in [4.69, 9.17) is 16.0 Å². The van der Waals surface area contributed by atoms with Crippen molar-refractivity contribution in [3.63, 3.8) is 0 Å². The molecule has 2 amide bonds. The Hall–Kier alpha value is -4.56. The van der Waals surface area contributed by atoms with E-state index in [2.05, 4.69) is 5.10 Å². The molecule has 4 aliphatic rings. The molecule has 8 rings (SSSR count). The first-order chi connectivity index (χ1) is 18.4. The molecular formula is C29H18ClN3O5. The Balaban J connectivity index is 1.21. The van der Waals surface area contributed by atoms with Gasteiger partial charge in [0.2, 0.25) is 0 Å². The zero-order chi connectivity index (χ0) is 26.1. The van der Waals surface area contributed by atoms with Gasteiger partial charge in [0.25, 0.3) is 17.5 Å². The highest BCUT2D eigenvalue weighted by molar-refractivity contribution is 6.32. The molecule has 2 heterocycles. The molecule has 1 aliphatic heterocycles. The van der Waals surface area contributed by atoms with E-state index in [9.17, 15) is 19.7 Å². The van der Waals surface area contributed by atoms with Crippen molar-refractivity contribution in [3.8, 4) is 11.3 Å². The van der Waals surface area contributed by atoms with Crippen LogP contribution in [-0.4, -0.2) is 28.0 Å². The second-order valence-electron chi connectivity index (χ2n) is 9.62. The fourth-order valence-corrected chi connectivity index (χ4v) is 6.46. The highest BCUT2D eigenvalue weighted by Crippen LogP contribution is 2.60. The van der Waals surface area contributed by atoms with Crippen LogP contribution in [0, 0.1) is 22.0 Å². The number of hydrazone groups is 1. The van der Waals surface area contributed by atoms with Crippen LogP contribution in [0.1, 0.15) is 39.8 Å². The summed E-state index contributed by atoms with van der Waals surface area (Å²) in [6.07, 6.45) is 1.32. The number of amides is 2. The van der Waals surface area contributed by atoms with Gasteiger partial charge in [-0.3, -0.25) is 19.7 Å². The highest BCUT2D eigenvalue weighted by atomic mass is 35.5. The van der Waals surface area contributed by atoms with Gasteiger partial charge in [0.15, 0.2) is 0 Å². The lowest BCUT2D eigenvalue weighted by molar-refractivity contribution is -0.384. The molecule has 38 heavy (non-hydrogen) atoms. The van der Waals surface area contributed by atoms with Crippen molar-refractivity contribution in [1.29, 1.82) is 0 Å². The summed E-state index contributed by atoms with van der Waals surface area (Å²) in [5, 5.41) is 16.5. The standard InChI is InChI=1S/C29H18ClN3O5/c30-21-11-9-15(13-22(21)33(36)37)23-12-10-16(38-23)14-31-32-28(34)26-24-17-5-1-2-6-18(17)25(27(26)29(32)35)20-8-4-3-7-19(20)24/h1-14,24-27H/b31-14-/t24?,25?,26-,27-/m1/s1. The number of nitrogens with zero attached hydrogens (tertiary/aromatic N) is 3. The van der Waals surface area contributed by atoms with Crippen LogP contribution in [0.2, 0.25) is 5.02 Å². The molecule has 3 aliphatic carbocycles. The van der Waals surface area contributed by atoms with Gasteiger partial charge in [0, 0.05) is 23.5 Å². The second-order valence-corrected chi connectivity index (χ2v) is 10.0. The Bertz CT molecular complexity index is 1590. The average molecular weight is 524 g/mol. The topological polar surface area (TPSA) is 106 Å². The Morgan fingerprint density at radius 2 is 1.39 bits per heavy atom. The van der Waals surface area contributed by atoms with E-state index >= 15 is 0 Å². The summed E-state index contributed by atoms with van der Waals surface area (Å²) >= 11 is 5.91. The number of carbonyl (C=O) groups excluding carboxylic acids is 2. The van der Waals surface area contributed by atoms with E-state index in [-0.39, 0.29) is 34.4 Å². The van der Waals surface area contributed by atoms with Crippen LogP contribution >= 0.6 is 11.6 Å². The van der Waals surface area contributed by atoms with Crippen molar-refractivity contribution < 1.29 is 18.9 Å². The molecule has 1 fully saturated rings. The predicted octanol–water partition coefficient (Wildman–Crippen LogP) is 5.73. The lowest BCUT2D eigenvalue weighted by atomic mass is 9.55. The maximum Gasteiger partial charge on any atom is 0.288 e. The zero-order valence-corrected chi connectivity index (χ0v) is 20.4. The SMILES string of the molecule is O=C1[C@@H]2C3c4ccccc4C(c4ccccc43)[C@H]2C(=O)N1/N=C\c1ccc(-c2ccc(Cl)c([N+](=O)[O-])c2)o1. The van der Waals surface area contributed by atoms with Crippen LogP contribution < -0.4 is 0 Å². The minimum absolute atomic E-state index is 0.0258. The summed E-state index contributed by atoms with van der Waals surface area (Å²) in [5.41, 5.74) is 4.61. The molecule has 1 saturated heterocycles. The quantitative estimate of drug-likeness (QED) is 0.147. The van der Waals surface area contributed by atoms with Gasteiger partial charge in [0.05, 0.1) is 23.0 Å². The van der Waals surface area contributed by atoms with Crippen LogP contribution in [0.3, 0.4) is 0 Å². The molecule has 186 valence electrons. The molecule has 2 bridgehead atoms. The fraction of sp³-hybridized carbons (Fsp3) is 0.138. The van der Waals surface area contributed by atoms with Gasteiger partial charge >= 0.3 is 0 Å². The van der Waals surface area contributed by atoms with Crippen LogP contribution in [0.25, 0.3) is 11.3 Å². The van der Waals surface area contributed by atoms with Crippen molar-refractivity contribution >= 4 is 35.3 Å². The summed E-state index contributed by atoms with van der Waals surface area (Å²) in [6.45, 7) is 0. The maximum absolute atomic E-state index is 13.6. The van der Waals surface area contributed by atoms with E-state index < -0.39 is 16.8 Å². The number of benzene rings is 3. The number of nitro benzene ring substituents is 1. The molecular weight excluding hydrogens is 506 g/mol. The van der Waals surface area contributed by atoms with Gasteiger partial charge in [-0.25, -0.2) is 0 Å². The van der Waals surface area contributed by atoms with Gasteiger partial charge in [-0.2, -0.15) is 10.1 Å². The maximum atomic E-state index is 13.6. The summed E-state index contributed by atoms with van der Waals surface area (Å²) in [6, 6.07) is 23.7. The molecule has 8 nitrogen and oxygen atoms in total. The number of halogens is 1. The Morgan fingerprint density at radius 3 is 1.92 bits per heavy atom. The van der Waals surface area contributed by atoms with E-state index in [1.54, 1.807) is 18.2 Å². The lowest BCUT2D eigenvalue weighted by Gasteiger charge is -2.45. The normalized spacial score (nSPS) is 23.0. The zero-order valence-electron chi connectivity index (χ0n) is 19.7. The lowest BCUT2D eigenvalue weighted by Crippen LogP contribution is -2.41. The first kappa shape index (κ1) is 22.6. The third kappa shape index (κ3) is 3.13. The molecule has 0 saturated carbocycles. The van der Waals surface area contributed by atoms with Crippen LogP contribution in [0.15, 0.2) is 88.4 Å². The fourth-order valence-electron chi connectivity index (χ4n) is 6.27. The number of furan rings is 1. The first-order valence-corrected chi connectivity index (χ1v) is 12.5. The number of nitro groups is 1. The second kappa shape index (κ2) is 8.22. The van der Waals surface area contributed by atoms with Crippen LogP contribution in [0.4, 0.5) is 5.69 Å². The molecule has 3 aromatic carbocycles. The van der Waals surface area contributed by atoms with E-state index in [1.807, 2.05) is 48.5 Å². The van der Waals surface area contributed by atoms with Gasteiger partial charge in [-0.1, -0.05) is 60.1 Å². The molecule has 2 atom stereocenters. The average Bonchev–Trinajstić information content (AvgIpc) is 3.50. The van der Waals surface area contributed by atoms with Crippen molar-refractivity contribution in [1.82, 2.24) is 5.01 Å². The Labute approximate surface area is 221 Å². The van der Waals surface area contributed by atoms with Crippen molar-refractivity contribution in [2.75, 3.05) is 0 Å².